The Morgan fingerprint density at radius 1 is 1.28 bits per heavy atom. The van der Waals surface area contributed by atoms with Gasteiger partial charge in [-0.15, -0.1) is 0 Å². The molecule has 0 aliphatic carbocycles. The largest absolute Gasteiger partial charge is 0.490 e. The molecule has 1 N–H and O–H groups in total. The summed E-state index contributed by atoms with van der Waals surface area (Å²) in [6, 6.07) is 9.46. The number of nitrogens with zero attached hydrogens (tertiary/aromatic N) is 2. The average molecular weight is 340 g/mol. The molecule has 1 aliphatic heterocycles. The van der Waals surface area contributed by atoms with Crippen molar-refractivity contribution >= 4 is 5.91 Å². The number of para-hydroxylation sites is 1. The highest BCUT2D eigenvalue weighted by Crippen LogP contribution is 2.25. The van der Waals surface area contributed by atoms with Gasteiger partial charge in [-0.05, 0) is 49.9 Å². The Hall–Kier alpha value is -2.40. The molecule has 0 bridgehead atoms. The minimum Gasteiger partial charge on any atom is -0.490 e. The molecule has 1 amide bonds. The predicted octanol–water partition coefficient (Wildman–Crippen LogP) is 2.74. The first-order valence-corrected chi connectivity index (χ1v) is 8.59. The van der Waals surface area contributed by atoms with Crippen molar-refractivity contribution in [3.63, 3.8) is 0 Å². The Balaban J connectivity index is 1.68. The molecule has 1 atom stereocenters. The second-order valence-corrected chi connectivity index (χ2v) is 6.80. The van der Waals surface area contributed by atoms with E-state index in [2.05, 4.69) is 4.98 Å². The summed E-state index contributed by atoms with van der Waals surface area (Å²) < 4.78 is 5.84. The lowest BCUT2D eigenvalue weighted by molar-refractivity contribution is -0.0533. The first kappa shape index (κ1) is 17.4. The number of hydrogen-bond donors (Lipinski definition) is 1. The van der Waals surface area contributed by atoms with Crippen LogP contribution in [0.15, 0.2) is 42.7 Å². The molecule has 0 radical (unpaired) electrons. The van der Waals surface area contributed by atoms with Crippen LogP contribution >= 0.6 is 0 Å². The Bertz CT molecular complexity index is 762. The molecule has 0 saturated carbocycles. The molecular formula is C20H24N2O3. The number of β-amino-alcohol motifs (C(OH)–C–C–N with tert-alkyl or cyclic N) is 1. The minimum atomic E-state index is -1.03. The molecule has 25 heavy (non-hydrogen) atoms. The van der Waals surface area contributed by atoms with Crippen LogP contribution in [0.5, 0.6) is 5.75 Å². The fourth-order valence-corrected chi connectivity index (χ4v) is 3.22. The van der Waals surface area contributed by atoms with E-state index in [1.807, 2.05) is 38.1 Å². The summed E-state index contributed by atoms with van der Waals surface area (Å²) in [6.45, 7) is 4.95. The fourth-order valence-electron chi connectivity index (χ4n) is 3.22. The number of piperidine rings is 1. The maximum absolute atomic E-state index is 12.8. The maximum Gasteiger partial charge on any atom is 0.254 e. The van der Waals surface area contributed by atoms with Gasteiger partial charge in [0, 0.05) is 24.5 Å². The van der Waals surface area contributed by atoms with Crippen molar-refractivity contribution in [2.75, 3.05) is 19.7 Å². The molecule has 132 valence electrons. The summed E-state index contributed by atoms with van der Waals surface area (Å²) in [5.41, 5.74) is 1.48. The normalized spacial score (nSPS) is 20.4. The average Bonchev–Trinajstić information content (AvgIpc) is 2.61. The summed E-state index contributed by atoms with van der Waals surface area (Å²) in [4.78, 5) is 18.5. The third kappa shape index (κ3) is 3.99. The highest BCUT2D eigenvalue weighted by Gasteiger charge is 2.36. The van der Waals surface area contributed by atoms with E-state index >= 15 is 0 Å². The molecule has 1 aromatic heterocycles. The topological polar surface area (TPSA) is 62.7 Å². The molecule has 1 saturated heterocycles. The Morgan fingerprint density at radius 3 is 2.84 bits per heavy atom. The molecule has 1 aromatic carbocycles. The predicted molar refractivity (Wildman–Crippen MR) is 95.7 cm³/mol. The third-order valence-corrected chi connectivity index (χ3v) is 4.68. The smallest absolute Gasteiger partial charge is 0.254 e. The Labute approximate surface area is 148 Å². The number of amides is 1. The highest BCUT2D eigenvalue weighted by molar-refractivity contribution is 5.95. The van der Waals surface area contributed by atoms with Crippen LogP contribution in [0, 0.1) is 13.8 Å². The van der Waals surface area contributed by atoms with Gasteiger partial charge in [-0.25, -0.2) is 0 Å². The van der Waals surface area contributed by atoms with Crippen LogP contribution in [0.4, 0.5) is 0 Å². The van der Waals surface area contributed by atoms with Gasteiger partial charge >= 0.3 is 0 Å². The number of aromatic nitrogens is 1. The number of benzene rings is 1. The van der Waals surface area contributed by atoms with Gasteiger partial charge in [0.05, 0.1) is 6.54 Å². The summed E-state index contributed by atoms with van der Waals surface area (Å²) >= 11 is 0. The lowest BCUT2D eigenvalue weighted by atomic mass is 9.93. The molecule has 5 heteroatoms. The quantitative estimate of drug-likeness (QED) is 0.930. The van der Waals surface area contributed by atoms with E-state index in [-0.39, 0.29) is 19.1 Å². The van der Waals surface area contributed by atoms with Crippen molar-refractivity contribution in [3.8, 4) is 5.75 Å². The van der Waals surface area contributed by atoms with Crippen LogP contribution in [0.3, 0.4) is 0 Å². The van der Waals surface area contributed by atoms with Crippen molar-refractivity contribution in [3.05, 3.63) is 59.4 Å². The molecule has 2 aromatic rings. The zero-order valence-electron chi connectivity index (χ0n) is 14.7. The van der Waals surface area contributed by atoms with Crippen molar-refractivity contribution in [1.82, 2.24) is 9.88 Å². The number of likely N-dealkylation sites (tertiary alicyclic amines) is 1. The fraction of sp³-hybridized carbons (Fsp3) is 0.400. The molecular weight excluding hydrogens is 316 g/mol. The van der Waals surface area contributed by atoms with Crippen molar-refractivity contribution < 1.29 is 14.6 Å². The van der Waals surface area contributed by atoms with Gasteiger partial charge in [0.1, 0.15) is 18.0 Å². The van der Waals surface area contributed by atoms with E-state index < -0.39 is 5.60 Å². The zero-order chi connectivity index (χ0) is 17.9. The molecule has 3 rings (SSSR count). The standard InChI is InChI=1S/C20H24N2O3/c1-15-6-3-4-7-18(15)25-14-20(24)9-5-11-22(13-20)19(23)17-8-10-21-12-16(17)2/h3-4,6-8,10,12,24H,5,9,11,13-14H2,1-2H3. The van der Waals surface area contributed by atoms with Crippen LogP contribution in [0.2, 0.25) is 0 Å². The molecule has 5 nitrogen and oxygen atoms in total. The van der Waals surface area contributed by atoms with Gasteiger partial charge in [0.2, 0.25) is 0 Å². The third-order valence-electron chi connectivity index (χ3n) is 4.68. The summed E-state index contributed by atoms with van der Waals surface area (Å²) in [5.74, 6) is 0.707. The van der Waals surface area contributed by atoms with E-state index in [4.69, 9.17) is 4.74 Å². The number of ether oxygens (including phenoxy) is 1. The van der Waals surface area contributed by atoms with Crippen molar-refractivity contribution in [1.29, 1.82) is 0 Å². The number of hydrogen-bond acceptors (Lipinski definition) is 4. The van der Waals surface area contributed by atoms with Crippen LogP contribution in [0.1, 0.15) is 34.3 Å². The SMILES string of the molecule is Cc1ccccc1OCC1(O)CCCN(C(=O)c2ccncc2C)C1. The first-order valence-electron chi connectivity index (χ1n) is 8.59. The number of rotatable bonds is 4. The van der Waals surface area contributed by atoms with Gasteiger partial charge in [-0.1, -0.05) is 18.2 Å². The summed E-state index contributed by atoms with van der Waals surface area (Å²) in [5, 5.41) is 10.9. The maximum atomic E-state index is 12.8. The van der Waals surface area contributed by atoms with Gasteiger partial charge in [-0.2, -0.15) is 0 Å². The van der Waals surface area contributed by atoms with Gasteiger partial charge in [-0.3, -0.25) is 9.78 Å². The molecule has 1 fully saturated rings. The number of aliphatic hydroxyl groups is 1. The van der Waals surface area contributed by atoms with Gasteiger partial charge in [0.15, 0.2) is 0 Å². The van der Waals surface area contributed by atoms with Crippen molar-refractivity contribution in [2.24, 2.45) is 0 Å². The number of pyridine rings is 1. The molecule has 2 heterocycles. The van der Waals surface area contributed by atoms with E-state index in [1.165, 1.54) is 0 Å². The van der Waals surface area contributed by atoms with Gasteiger partial charge in [0.25, 0.3) is 5.91 Å². The lowest BCUT2D eigenvalue weighted by Gasteiger charge is -2.39. The number of carbonyl (C=O) groups excluding carboxylic acids is 1. The summed E-state index contributed by atoms with van der Waals surface area (Å²) in [7, 11) is 0. The Kier molecular flexibility index (Phi) is 5.04. The van der Waals surface area contributed by atoms with E-state index in [0.717, 1.165) is 23.3 Å². The highest BCUT2D eigenvalue weighted by atomic mass is 16.5. The lowest BCUT2D eigenvalue weighted by Crippen LogP contribution is -2.53. The number of carbonyl (C=O) groups is 1. The monoisotopic (exact) mass is 340 g/mol. The second-order valence-electron chi connectivity index (χ2n) is 6.80. The zero-order valence-corrected chi connectivity index (χ0v) is 14.7. The van der Waals surface area contributed by atoms with E-state index in [1.54, 1.807) is 23.4 Å². The van der Waals surface area contributed by atoms with E-state index in [0.29, 0.717) is 18.5 Å². The number of aryl methyl sites for hydroxylation is 2. The minimum absolute atomic E-state index is 0.0612. The van der Waals surface area contributed by atoms with Crippen LogP contribution < -0.4 is 4.74 Å². The molecule has 1 unspecified atom stereocenters. The molecule has 1 aliphatic rings. The van der Waals surface area contributed by atoms with Crippen molar-refractivity contribution in [2.45, 2.75) is 32.3 Å². The van der Waals surface area contributed by atoms with Gasteiger partial charge < -0.3 is 14.7 Å². The summed E-state index contributed by atoms with van der Waals surface area (Å²) in [6.07, 6.45) is 4.68. The second kappa shape index (κ2) is 7.23. The van der Waals surface area contributed by atoms with Crippen LogP contribution in [-0.2, 0) is 0 Å². The first-order chi connectivity index (χ1) is 12.0. The van der Waals surface area contributed by atoms with E-state index in [9.17, 15) is 9.90 Å². The Morgan fingerprint density at radius 2 is 2.08 bits per heavy atom. The van der Waals surface area contributed by atoms with Crippen LogP contribution in [0.25, 0.3) is 0 Å². The molecule has 0 spiro atoms. The van der Waals surface area contributed by atoms with Crippen LogP contribution in [-0.4, -0.2) is 46.2 Å².